The molecule has 0 unspecified atom stereocenters. The maximum atomic E-state index is 12.6. The first kappa shape index (κ1) is 18.8. The van der Waals surface area contributed by atoms with Crippen LogP contribution in [0.15, 0.2) is 42.5 Å². The van der Waals surface area contributed by atoms with Crippen molar-refractivity contribution in [3.63, 3.8) is 0 Å². The van der Waals surface area contributed by atoms with Crippen LogP contribution < -0.4 is 10.2 Å². The van der Waals surface area contributed by atoms with Crippen molar-refractivity contribution in [2.24, 2.45) is 0 Å². The predicted octanol–water partition coefficient (Wildman–Crippen LogP) is 3.44. The van der Waals surface area contributed by atoms with E-state index in [-0.39, 0.29) is 12.0 Å². The van der Waals surface area contributed by atoms with Crippen LogP contribution in [0.2, 0.25) is 0 Å². The molecule has 142 valence electrons. The first-order valence-electron chi connectivity index (χ1n) is 9.04. The molecule has 0 radical (unpaired) electrons. The number of ether oxygens (including phenoxy) is 1. The molecule has 1 heterocycles. The number of nitrogens with zero attached hydrogens (tertiary/aromatic N) is 2. The Bertz CT molecular complexity index is 842. The predicted molar refractivity (Wildman–Crippen MR) is 107 cm³/mol. The monoisotopic (exact) mass is 367 g/mol. The number of nitrogens with one attached hydrogen (secondary N) is 1. The number of anilines is 2. The topological polar surface area (TPSA) is 61.9 Å². The molecule has 1 N–H and O–H groups in total. The summed E-state index contributed by atoms with van der Waals surface area (Å²) in [5.41, 5.74) is 4.43. The highest BCUT2D eigenvalue weighted by Crippen LogP contribution is 2.20. The van der Waals surface area contributed by atoms with Gasteiger partial charge in [0.25, 0.3) is 0 Å². The molecule has 6 heteroatoms. The van der Waals surface area contributed by atoms with E-state index in [4.69, 9.17) is 4.74 Å². The molecule has 1 saturated heterocycles. The van der Waals surface area contributed by atoms with Gasteiger partial charge in [0.05, 0.1) is 12.7 Å². The lowest BCUT2D eigenvalue weighted by Gasteiger charge is -2.36. The normalized spacial score (nSPS) is 14.0. The second kappa shape index (κ2) is 8.12. The highest BCUT2D eigenvalue weighted by atomic mass is 16.5. The highest BCUT2D eigenvalue weighted by Gasteiger charge is 2.22. The van der Waals surface area contributed by atoms with Crippen molar-refractivity contribution in [2.75, 3.05) is 43.5 Å². The van der Waals surface area contributed by atoms with E-state index in [0.29, 0.717) is 24.3 Å². The maximum absolute atomic E-state index is 12.6. The van der Waals surface area contributed by atoms with E-state index in [1.807, 2.05) is 11.8 Å². The fourth-order valence-electron chi connectivity index (χ4n) is 3.24. The van der Waals surface area contributed by atoms with Crippen LogP contribution in [0.5, 0.6) is 0 Å². The molecule has 3 rings (SSSR count). The van der Waals surface area contributed by atoms with Gasteiger partial charge in [-0.3, -0.25) is 0 Å². The Hall–Kier alpha value is -3.02. The minimum atomic E-state index is -0.386. The Morgan fingerprint density at radius 1 is 1.00 bits per heavy atom. The second-order valence-electron chi connectivity index (χ2n) is 6.76. The smallest absolute Gasteiger partial charge is 0.337 e. The zero-order valence-electron chi connectivity index (χ0n) is 16.0. The molecule has 1 aliphatic heterocycles. The van der Waals surface area contributed by atoms with Crippen molar-refractivity contribution < 1.29 is 14.3 Å². The number of aryl methyl sites for hydroxylation is 2. The van der Waals surface area contributed by atoms with Crippen LogP contribution in [-0.2, 0) is 4.74 Å². The summed E-state index contributed by atoms with van der Waals surface area (Å²) in [4.78, 5) is 28.3. The number of hydrogen-bond donors (Lipinski definition) is 1. The lowest BCUT2D eigenvalue weighted by atomic mass is 10.1. The van der Waals surface area contributed by atoms with Crippen molar-refractivity contribution in [1.82, 2.24) is 4.90 Å². The summed E-state index contributed by atoms with van der Waals surface area (Å²) >= 11 is 0. The van der Waals surface area contributed by atoms with Crippen LogP contribution in [0, 0.1) is 13.8 Å². The highest BCUT2D eigenvalue weighted by molar-refractivity contribution is 5.93. The summed E-state index contributed by atoms with van der Waals surface area (Å²) in [6.07, 6.45) is 0. The van der Waals surface area contributed by atoms with Crippen molar-refractivity contribution in [3.05, 3.63) is 59.2 Å². The molecule has 0 spiro atoms. The SMILES string of the molecule is COC(=O)c1ccc(NC(=O)N2CCN(c3cccc(C)c3)CC2)c(C)c1. The lowest BCUT2D eigenvalue weighted by molar-refractivity contribution is 0.0600. The third kappa shape index (κ3) is 4.39. The van der Waals surface area contributed by atoms with Gasteiger partial charge < -0.3 is 19.9 Å². The molecule has 0 saturated carbocycles. The van der Waals surface area contributed by atoms with E-state index in [2.05, 4.69) is 41.4 Å². The number of esters is 1. The largest absolute Gasteiger partial charge is 0.465 e. The third-order valence-electron chi connectivity index (χ3n) is 4.82. The minimum Gasteiger partial charge on any atom is -0.465 e. The van der Waals surface area contributed by atoms with Crippen molar-refractivity contribution in [1.29, 1.82) is 0 Å². The Morgan fingerprint density at radius 3 is 2.37 bits per heavy atom. The molecule has 0 atom stereocenters. The van der Waals surface area contributed by atoms with Gasteiger partial charge in [-0.05, 0) is 55.3 Å². The summed E-state index contributed by atoms with van der Waals surface area (Å²) < 4.78 is 4.72. The Morgan fingerprint density at radius 2 is 1.74 bits per heavy atom. The summed E-state index contributed by atoms with van der Waals surface area (Å²) in [6, 6.07) is 13.4. The zero-order valence-corrected chi connectivity index (χ0v) is 16.0. The van der Waals surface area contributed by atoms with E-state index in [1.54, 1.807) is 18.2 Å². The van der Waals surface area contributed by atoms with E-state index in [0.717, 1.165) is 18.7 Å². The zero-order chi connectivity index (χ0) is 19.4. The molecule has 2 aromatic carbocycles. The molecule has 0 aliphatic carbocycles. The standard InChI is InChI=1S/C21H25N3O3/c1-15-5-4-6-18(13-15)23-9-11-24(12-10-23)21(26)22-19-8-7-17(14-16(19)2)20(25)27-3/h4-8,13-14H,9-12H2,1-3H3,(H,22,26). The molecule has 0 aromatic heterocycles. The lowest BCUT2D eigenvalue weighted by Crippen LogP contribution is -2.50. The van der Waals surface area contributed by atoms with E-state index < -0.39 is 0 Å². The van der Waals surface area contributed by atoms with Crippen LogP contribution in [-0.4, -0.2) is 50.2 Å². The minimum absolute atomic E-state index is 0.118. The van der Waals surface area contributed by atoms with Crippen LogP contribution >= 0.6 is 0 Å². The molecule has 2 amide bonds. The number of hydrogen-bond acceptors (Lipinski definition) is 4. The molecule has 0 bridgehead atoms. The van der Waals surface area contributed by atoms with Gasteiger partial charge >= 0.3 is 12.0 Å². The fraction of sp³-hybridized carbons (Fsp3) is 0.333. The number of carbonyl (C=O) groups excluding carboxylic acids is 2. The number of amides is 2. The van der Waals surface area contributed by atoms with E-state index in [1.165, 1.54) is 18.4 Å². The molecule has 1 aliphatic rings. The van der Waals surface area contributed by atoms with Crippen LogP contribution in [0.3, 0.4) is 0 Å². The van der Waals surface area contributed by atoms with Crippen LogP contribution in [0.4, 0.5) is 16.2 Å². The van der Waals surface area contributed by atoms with Gasteiger partial charge in [0.2, 0.25) is 0 Å². The van der Waals surface area contributed by atoms with Crippen molar-refractivity contribution in [2.45, 2.75) is 13.8 Å². The van der Waals surface area contributed by atoms with Crippen LogP contribution in [0.1, 0.15) is 21.5 Å². The summed E-state index contributed by atoms with van der Waals surface area (Å²) in [6.45, 7) is 6.88. The molecule has 6 nitrogen and oxygen atoms in total. The first-order valence-corrected chi connectivity index (χ1v) is 9.04. The second-order valence-corrected chi connectivity index (χ2v) is 6.76. The van der Waals surface area contributed by atoms with Crippen LogP contribution in [0.25, 0.3) is 0 Å². The van der Waals surface area contributed by atoms with E-state index in [9.17, 15) is 9.59 Å². The van der Waals surface area contributed by atoms with Crippen molar-refractivity contribution >= 4 is 23.4 Å². The van der Waals surface area contributed by atoms with Gasteiger partial charge in [-0.25, -0.2) is 9.59 Å². The van der Waals surface area contributed by atoms with Gasteiger partial charge in [-0.1, -0.05) is 12.1 Å². The number of carbonyl (C=O) groups is 2. The number of piperazine rings is 1. The van der Waals surface area contributed by atoms with Gasteiger partial charge in [0.15, 0.2) is 0 Å². The number of methoxy groups -OCH3 is 1. The molecule has 1 fully saturated rings. The molecule has 27 heavy (non-hydrogen) atoms. The maximum Gasteiger partial charge on any atom is 0.337 e. The molecular weight excluding hydrogens is 342 g/mol. The fourth-order valence-corrected chi connectivity index (χ4v) is 3.24. The first-order chi connectivity index (χ1) is 13.0. The van der Waals surface area contributed by atoms with Crippen molar-refractivity contribution in [3.8, 4) is 0 Å². The van der Waals surface area contributed by atoms with Gasteiger partial charge in [0, 0.05) is 37.6 Å². The molecule has 2 aromatic rings. The van der Waals surface area contributed by atoms with Gasteiger partial charge in [0.1, 0.15) is 0 Å². The van der Waals surface area contributed by atoms with E-state index >= 15 is 0 Å². The Kier molecular flexibility index (Phi) is 5.64. The number of rotatable bonds is 3. The summed E-state index contributed by atoms with van der Waals surface area (Å²) in [7, 11) is 1.35. The summed E-state index contributed by atoms with van der Waals surface area (Å²) in [5, 5.41) is 2.94. The van der Waals surface area contributed by atoms with Gasteiger partial charge in [-0.2, -0.15) is 0 Å². The van der Waals surface area contributed by atoms with Gasteiger partial charge in [-0.15, -0.1) is 0 Å². The number of benzene rings is 2. The molecular formula is C21H25N3O3. The third-order valence-corrected chi connectivity index (χ3v) is 4.82. The Balaban J connectivity index is 1.59. The average Bonchev–Trinajstić information content (AvgIpc) is 2.69. The average molecular weight is 367 g/mol. The Labute approximate surface area is 159 Å². The quantitative estimate of drug-likeness (QED) is 0.844. The number of urea groups is 1. The summed E-state index contributed by atoms with van der Waals surface area (Å²) in [5.74, 6) is -0.386.